The fourth-order valence-electron chi connectivity index (χ4n) is 1.59. The molecule has 0 aliphatic carbocycles. The van der Waals surface area contributed by atoms with E-state index >= 15 is 0 Å². The lowest BCUT2D eigenvalue weighted by Gasteiger charge is -2.08. The highest BCUT2D eigenvalue weighted by Gasteiger charge is 2.23. The second-order valence-corrected chi connectivity index (χ2v) is 7.71. The van der Waals surface area contributed by atoms with Crippen LogP contribution in [0, 0.1) is 0 Å². The first kappa shape index (κ1) is 15.3. The van der Waals surface area contributed by atoms with Gasteiger partial charge in [0, 0.05) is 4.88 Å². The molecule has 0 unspecified atom stereocenters. The van der Waals surface area contributed by atoms with Crippen molar-refractivity contribution in [2.45, 2.75) is 10.6 Å². The predicted octanol–water partition coefficient (Wildman–Crippen LogP) is 3.73. The van der Waals surface area contributed by atoms with Crippen LogP contribution < -0.4 is 0 Å². The monoisotopic (exact) mass is 350 g/mol. The van der Waals surface area contributed by atoms with E-state index in [2.05, 4.69) is 0 Å². The lowest BCUT2D eigenvalue weighted by molar-refractivity contribution is 0.0697. The standard InChI is InChI=1S/C12H8Cl2O4S2/c13-9-5-10(14)11(4-8(9)12(15)16)20(17,18)6-7-2-1-3-19-7/h1-5H,6H2,(H,15,16). The fraction of sp³-hybridized carbons (Fsp3) is 0.0833. The van der Waals surface area contributed by atoms with Gasteiger partial charge in [0.05, 0.1) is 26.3 Å². The lowest BCUT2D eigenvalue weighted by Crippen LogP contribution is -2.07. The van der Waals surface area contributed by atoms with E-state index in [1.807, 2.05) is 0 Å². The molecule has 106 valence electrons. The molecular formula is C12H8Cl2O4S2. The molecule has 0 amide bonds. The lowest BCUT2D eigenvalue weighted by atomic mass is 10.2. The zero-order chi connectivity index (χ0) is 14.9. The number of aromatic carboxylic acids is 1. The highest BCUT2D eigenvalue weighted by atomic mass is 35.5. The second kappa shape index (κ2) is 5.73. The molecule has 1 heterocycles. The van der Waals surface area contributed by atoms with E-state index in [4.69, 9.17) is 28.3 Å². The summed E-state index contributed by atoms with van der Waals surface area (Å²) in [6, 6.07) is 5.55. The largest absolute Gasteiger partial charge is 0.478 e. The number of benzene rings is 1. The smallest absolute Gasteiger partial charge is 0.337 e. The van der Waals surface area contributed by atoms with E-state index in [0.717, 1.165) is 12.1 Å². The molecule has 8 heteroatoms. The molecule has 0 radical (unpaired) electrons. The minimum Gasteiger partial charge on any atom is -0.478 e. The van der Waals surface area contributed by atoms with Crippen molar-refractivity contribution in [3.63, 3.8) is 0 Å². The van der Waals surface area contributed by atoms with Gasteiger partial charge >= 0.3 is 5.97 Å². The van der Waals surface area contributed by atoms with Crippen molar-refractivity contribution in [1.29, 1.82) is 0 Å². The third-order valence-electron chi connectivity index (χ3n) is 2.50. The SMILES string of the molecule is O=C(O)c1cc(S(=O)(=O)Cc2cccs2)c(Cl)cc1Cl. The third kappa shape index (κ3) is 3.15. The van der Waals surface area contributed by atoms with Gasteiger partial charge in [-0.2, -0.15) is 0 Å². The summed E-state index contributed by atoms with van der Waals surface area (Å²) in [5.74, 6) is -1.54. The van der Waals surface area contributed by atoms with Crippen LogP contribution in [0.15, 0.2) is 34.5 Å². The van der Waals surface area contributed by atoms with Crippen LogP contribution in [0.1, 0.15) is 15.2 Å². The summed E-state index contributed by atoms with van der Waals surface area (Å²) in [5.41, 5.74) is -0.291. The van der Waals surface area contributed by atoms with Crippen LogP contribution in [0.5, 0.6) is 0 Å². The van der Waals surface area contributed by atoms with E-state index < -0.39 is 15.8 Å². The quantitative estimate of drug-likeness (QED) is 0.911. The first-order chi connectivity index (χ1) is 9.31. The van der Waals surface area contributed by atoms with Gasteiger partial charge in [-0.3, -0.25) is 0 Å². The number of rotatable bonds is 4. The number of halogens is 2. The highest BCUT2D eigenvalue weighted by molar-refractivity contribution is 7.91. The molecule has 0 atom stereocenters. The number of carboxylic acid groups (broad SMARTS) is 1. The van der Waals surface area contributed by atoms with Crippen LogP contribution in [0.3, 0.4) is 0 Å². The molecule has 2 aromatic rings. The number of sulfone groups is 1. The topological polar surface area (TPSA) is 71.4 Å². The number of hydrogen-bond donors (Lipinski definition) is 1. The van der Waals surface area contributed by atoms with Gasteiger partial charge in [0.1, 0.15) is 0 Å². The molecule has 4 nitrogen and oxygen atoms in total. The maximum Gasteiger partial charge on any atom is 0.337 e. The Hall–Kier alpha value is -1.08. The minimum absolute atomic E-state index is 0.0865. The summed E-state index contributed by atoms with van der Waals surface area (Å²) in [5, 5.41) is 10.6. The highest BCUT2D eigenvalue weighted by Crippen LogP contribution is 2.31. The number of hydrogen-bond acceptors (Lipinski definition) is 4. The Morgan fingerprint density at radius 1 is 1.25 bits per heavy atom. The molecule has 0 aliphatic rings. The van der Waals surface area contributed by atoms with Gasteiger partial charge in [-0.15, -0.1) is 11.3 Å². The molecule has 1 aromatic carbocycles. The Morgan fingerprint density at radius 3 is 2.50 bits per heavy atom. The summed E-state index contributed by atoms with van der Waals surface area (Å²) < 4.78 is 24.6. The first-order valence-corrected chi connectivity index (χ1v) is 8.57. The van der Waals surface area contributed by atoms with Gasteiger partial charge in [-0.1, -0.05) is 29.3 Å². The van der Waals surface area contributed by atoms with Crippen LogP contribution in [0.4, 0.5) is 0 Å². The average molecular weight is 351 g/mol. The number of thiophene rings is 1. The Kier molecular flexibility index (Phi) is 4.39. The molecule has 0 fully saturated rings. The van der Waals surface area contributed by atoms with Crippen LogP contribution in [-0.4, -0.2) is 19.5 Å². The van der Waals surface area contributed by atoms with Crippen LogP contribution in [0.25, 0.3) is 0 Å². The van der Waals surface area contributed by atoms with Crippen molar-refractivity contribution in [3.05, 3.63) is 50.1 Å². The summed E-state index contributed by atoms with van der Waals surface area (Å²) in [6.45, 7) is 0. The minimum atomic E-state index is -3.73. The second-order valence-electron chi connectivity index (χ2n) is 3.91. The fourth-order valence-corrected chi connectivity index (χ4v) is 4.91. The molecule has 1 aromatic heterocycles. The van der Waals surface area contributed by atoms with Gasteiger partial charge in [-0.25, -0.2) is 13.2 Å². The Bertz CT molecular complexity index is 752. The maximum absolute atomic E-state index is 12.3. The zero-order valence-corrected chi connectivity index (χ0v) is 13.0. The van der Waals surface area contributed by atoms with Crippen molar-refractivity contribution in [1.82, 2.24) is 0 Å². The molecular weight excluding hydrogens is 343 g/mol. The van der Waals surface area contributed by atoms with Gasteiger partial charge in [0.15, 0.2) is 9.84 Å². The normalized spacial score (nSPS) is 11.5. The molecule has 0 saturated heterocycles. The van der Waals surface area contributed by atoms with E-state index in [0.29, 0.717) is 4.88 Å². The van der Waals surface area contributed by atoms with E-state index in [9.17, 15) is 13.2 Å². The van der Waals surface area contributed by atoms with Crippen LogP contribution in [-0.2, 0) is 15.6 Å². The summed E-state index contributed by atoms with van der Waals surface area (Å²) >= 11 is 12.9. The van der Waals surface area contributed by atoms with Crippen LogP contribution in [0.2, 0.25) is 10.0 Å². The Labute approximate surface area is 129 Å². The van der Waals surface area contributed by atoms with Crippen molar-refractivity contribution in [2.24, 2.45) is 0 Å². The van der Waals surface area contributed by atoms with Gasteiger partial charge in [0.2, 0.25) is 0 Å². The zero-order valence-electron chi connectivity index (χ0n) is 9.84. The third-order valence-corrected chi connectivity index (χ3v) is 5.99. The van der Waals surface area contributed by atoms with E-state index in [-0.39, 0.29) is 26.3 Å². The van der Waals surface area contributed by atoms with Crippen molar-refractivity contribution in [2.75, 3.05) is 0 Å². The average Bonchev–Trinajstić information content (AvgIpc) is 2.79. The van der Waals surface area contributed by atoms with Crippen molar-refractivity contribution < 1.29 is 18.3 Å². The van der Waals surface area contributed by atoms with Crippen molar-refractivity contribution in [3.8, 4) is 0 Å². The first-order valence-electron chi connectivity index (χ1n) is 5.29. The Balaban J connectivity index is 2.51. The van der Waals surface area contributed by atoms with Gasteiger partial charge in [-0.05, 0) is 23.6 Å². The molecule has 1 N–H and O–H groups in total. The molecule has 0 aliphatic heterocycles. The van der Waals surface area contributed by atoms with Gasteiger partial charge in [0.25, 0.3) is 0 Å². The van der Waals surface area contributed by atoms with E-state index in [1.54, 1.807) is 17.5 Å². The van der Waals surface area contributed by atoms with Gasteiger partial charge < -0.3 is 5.11 Å². The summed E-state index contributed by atoms with van der Waals surface area (Å²) in [6.07, 6.45) is 0. The van der Waals surface area contributed by atoms with Crippen LogP contribution >= 0.6 is 34.5 Å². The summed E-state index contributed by atoms with van der Waals surface area (Å²) in [7, 11) is -3.73. The molecule has 0 bridgehead atoms. The molecule has 2 rings (SSSR count). The van der Waals surface area contributed by atoms with E-state index in [1.165, 1.54) is 11.3 Å². The number of carboxylic acids is 1. The molecule has 0 spiro atoms. The molecule has 0 saturated carbocycles. The van der Waals surface area contributed by atoms with Crippen molar-refractivity contribution >= 4 is 50.3 Å². The maximum atomic E-state index is 12.3. The molecule has 20 heavy (non-hydrogen) atoms. The number of carbonyl (C=O) groups is 1. The Morgan fingerprint density at radius 2 is 1.95 bits per heavy atom. The predicted molar refractivity (Wildman–Crippen MR) is 78.6 cm³/mol. The summed E-state index contributed by atoms with van der Waals surface area (Å²) in [4.78, 5) is 11.4.